The molecule has 1 heterocycles. The molecule has 0 aliphatic carbocycles. The van der Waals surface area contributed by atoms with Crippen LogP contribution in [0.3, 0.4) is 0 Å². The minimum absolute atomic E-state index is 0.0923. The topological polar surface area (TPSA) is 50.8 Å². The molecule has 2 aromatic rings. The van der Waals surface area contributed by atoms with E-state index in [0.29, 0.717) is 12.3 Å². The summed E-state index contributed by atoms with van der Waals surface area (Å²) in [5.74, 6) is 1.42. The highest BCUT2D eigenvalue weighted by Gasteiger charge is 2.25. The normalized spacial score (nSPS) is 14.0. The highest BCUT2D eigenvalue weighted by atomic mass is 16.5. The fourth-order valence-corrected chi connectivity index (χ4v) is 3.07. The third kappa shape index (κ3) is 3.02. The van der Waals surface area contributed by atoms with Crippen molar-refractivity contribution in [1.29, 1.82) is 0 Å². The van der Waals surface area contributed by atoms with E-state index < -0.39 is 0 Å². The van der Waals surface area contributed by atoms with E-state index in [2.05, 4.69) is 11.4 Å². The maximum absolute atomic E-state index is 12.7. The number of anilines is 1. The number of para-hydroxylation sites is 1. The average Bonchev–Trinajstić information content (AvgIpc) is 3.05. The highest BCUT2D eigenvalue weighted by Crippen LogP contribution is 2.31. The van der Waals surface area contributed by atoms with E-state index in [-0.39, 0.29) is 12.1 Å². The van der Waals surface area contributed by atoms with Gasteiger partial charge in [0.1, 0.15) is 11.5 Å². The molecule has 5 nitrogen and oxygen atoms in total. The Morgan fingerprint density at radius 2 is 1.96 bits per heavy atom. The molecule has 5 heteroatoms. The second-order valence-electron chi connectivity index (χ2n) is 5.81. The first-order valence-electron chi connectivity index (χ1n) is 8.02. The van der Waals surface area contributed by atoms with Crippen molar-refractivity contribution in [2.24, 2.45) is 0 Å². The van der Waals surface area contributed by atoms with Crippen LogP contribution in [0.4, 0.5) is 10.5 Å². The Bertz CT molecular complexity index is 745. The number of urea groups is 1. The van der Waals surface area contributed by atoms with E-state index in [9.17, 15) is 4.79 Å². The van der Waals surface area contributed by atoms with E-state index in [0.717, 1.165) is 23.4 Å². The maximum atomic E-state index is 12.7. The second-order valence-corrected chi connectivity index (χ2v) is 5.81. The van der Waals surface area contributed by atoms with Crippen LogP contribution < -0.4 is 19.7 Å². The lowest BCUT2D eigenvalue weighted by Gasteiger charge is -2.23. The van der Waals surface area contributed by atoms with Gasteiger partial charge in [0.05, 0.1) is 20.3 Å². The number of rotatable bonds is 4. The van der Waals surface area contributed by atoms with Crippen molar-refractivity contribution < 1.29 is 14.3 Å². The number of ether oxygens (including phenoxy) is 2. The number of fused-ring (bicyclic) bond motifs is 1. The predicted molar refractivity (Wildman–Crippen MR) is 94.0 cm³/mol. The molecular weight excluding hydrogens is 304 g/mol. The molecule has 24 heavy (non-hydrogen) atoms. The summed E-state index contributed by atoms with van der Waals surface area (Å²) in [6.45, 7) is 2.65. The number of nitrogens with one attached hydrogen (secondary N) is 1. The third-order valence-corrected chi connectivity index (χ3v) is 4.38. The first-order chi connectivity index (χ1) is 11.6. The van der Waals surface area contributed by atoms with Gasteiger partial charge in [0.15, 0.2) is 0 Å². The molecule has 0 saturated carbocycles. The molecule has 0 spiro atoms. The maximum Gasteiger partial charge on any atom is 0.322 e. The number of hydrogen-bond donors (Lipinski definition) is 1. The monoisotopic (exact) mass is 326 g/mol. The van der Waals surface area contributed by atoms with Gasteiger partial charge in [-0.3, -0.25) is 4.90 Å². The molecule has 3 rings (SSSR count). The zero-order chi connectivity index (χ0) is 17.1. The van der Waals surface area contributed by atoms with Crippen LogP contribution in [0, 0.1) is 0 Å². The Morgan fingerprint density at radius 3 is 2.71 bits per heavy atom. The molecule has 2 aromatic carbocycles. The van der Waals surface area contributed by atoms with E-state index in [1.165, 1.54) is 5.56 Å². The van der Waals surface area contributed by atoms with E-state index >= 15 is 0 Å². The Morgan fingerprint density at radius 1 is 1.17 bits per heavy atom. The largest absolute Gasteiger partial charge is 0.497 e. The molecule has 2 amide bonds. The average molecular weight is 326 g/mol. The number of nitrogens with zero attached hydrogens (tertiary/aromatic N) is 1. The van der Waals surface area contributed by atoms with Gasteiger partial charge in [-0.2, -0.15) is 0 Å². The fraction of sp³-hybridized carbons (Fsp3) is 0.316. The number of amides is 2. The van der Waals surface area contributed by atoms with Crippen molar-refractivity contribution in [2.45, 2.75) is 19.4 Å². The van der Waals surface area contributed by atoms with Crippen LogP contribution in [0.15, 0.2) is 42.5 Å². The predicted octanol–water partition coefficient (Wildman–Crippen LogP) is 3.54. The lowest BCUT2D eigenvalue weighted by Crippen LogP contribution is -2.40. The Kier molecular flexibility index (Phi) is 4.60. The summed E-state index contributed by atoms with van der Waals surface area (Å²) in [5.41, 5.74) is 3.12. The van der Waals surface area contributed by atoms with E-state index in [4.69, 9.17) is 9.47 Å². The van der Waals surface area contributed by atoms with Crippen LogP contribution in [-0.4, -0.2) is 26.8 Å². The van der Waals surface area contributed by atoms with Gasteiger partial charge in [0.2, 0.25) is 0 Å². The van der Waals surface area contributed by atoms with Crippen molar-refractivity contribution in [1.82, 2.24) is 5.32 Å². The highest BCUT2D eigenvalue weighted by molar-refractivity contribution is 5.94. The van der Waals surface area contributed by atoms with Crippen LogP contribution in [0.2, 0.25) is 0 Å². The number of hydrogen-bond acceptors (Lipinski definition) is 3. The van der Waals surface area contributed by atoms with Crippen LogP contribution in [0.25, 0.3) is 0 Å². The molecular formula is C19H22N2O3. The number of methoxy groups -OCH3 is 2. The molecule has 0 bridgehead atoms. The zero-order valence-corrected chi connectivity index (χ0v) is 14.2. The quantitative estimate of drug-likeness (QED) is 0.935. The van der Waals surface area contributed by atoms with Crippen LogP contribution in [0.1, 0.15) is 24.1 Å². The van der Waals surface area contributed by atoms with Crippen molar-refractivity contribution in [2.75, 3.05) is 25.7 Å². The van der Waals surface area contributed by atoms with Crippen molar-refractivity contribution >= 4 is 11.7 Å². The summed E-state index contributed by atoms with van der Waals surface area (Å²) in [7, 11) is 3.23. The number of benzene rings is 2. The molecule has 1 N–H and O–H groups in total. The summed E-state index contributed by atoms with van der Waals surface area (Å²) in [5, 5.41) is 3.06. The fourth-order valence-electron chi connectivity index (χ4n) is 3.07. The molecule has 0 aromatic heterocycles. The summed E-state index contributed by atoms with van der Waals surface area (Å²) in [6.07, 6.45) is 0.893. The second kappa shape index (κ2) is 6.83. The molecule has 1 aliphatic rings. The van der Waals surface area contributed by atoms with Gasteiger partial charge in [-0.25, -0.2) is 4.79 Å². The molecule has 126 valence electrons. The third-order valence-electron chi connectivity index (χ3n) is 4.38. The Labute approximate surface area is 142 Å². The Balaban J connectivity index is 1.76. The molecule has 0 saturated heterocycles. The van der Waals surface area contributed by atoms with Crippen molar-refractivity contribution in [3.8, 4) is 11.5 Å². The SMILES string of the molecule is COc1ccc(C(C)NC(=O)N2CCc3ccccc32)c(OC)c1. The van der Waals surface area contributed by atoms with Gasteiger partial charge in [-0.15, -0.1) is 0 Å². The van der Waals surface area contributed by atoms with E-state index in [1.54, 1.807) is 19.1 Å². The number of carbonyl (C=O) groups is 1. The minimum Gasteiger partial charge on any atom is -0.497 e. The summed E-state index contributed by atoms with van der Waals surface area (Å²) in [4.78, 5) is 14.5. The summed E-state index contributed by atoms with van der Waals surface area (Å²) >= 11 is 0. The standard InChI is InChI=1S/C19H22N2O3/c1-13(16-9-8-15(23-2)12-18(16)24-3)20-19(22)21-11-10-14-6-4-5-7-17(14)21/h4-9,12-13H,10-11H2,1-3H3,(H,20,22). The first kappa shape index (κ1) is 16.2. The first-order valence-corrected chi connectivity index (χ1v) is 8.02. The van der Waals surface area contributed by atoms with Crippen LogP contribution in [0.5, 0.6) is 11.5 Å². The minimum atomic E-state index is -0.175. The molecule has 1 atom stereocenters. The van der Waals surface area contributed by atoms with Crippen molar-refractivity contribution in [3.63, 3.8) is 0 Å². The van der Waals surface area contributed by atoms with E-state index in [1.807, 2.05) is 43.3 Å². The lowest BCUT2D eigenvalue weighted by atomic mass is 10.1. The smallest absolute Gasteiger partial charge is 0.322 e. The zero-order valence-electron chi connectivity index (χ0n) is 14.2. The molecule has 1 aliphatic heterocycles. The van der Waals surface area contributed by atoms with Gasteiger partial charge in [0.25, 0.3) is 0 Å². The van der Waals surface area contributed by atoms with Crippen LogP contribution in [-0.2, 0) is 6.42 Å². The Hall–Kier alpha value is -2.69. The molecule has 1 unspecified atom stereocenters. The van der Waals surface area contributed by atoms with Crippen molar-refractivity contribution in [3.05, 3.63) is 53.6 Å². The van der Waals surface area contributed by atoms with Gasteiger partial charge < -0.3 is 14.8 Å². The summed E-state index contributed by atoms with van der Waals surface area (Å²) in [6, 6.07) is 13.4. The van der Waals surface area contributed by atoms with Gasteiger partial charge >= 0.3 is 6.03 Å². The molecule has 0 radical (unpaired) electrons. The van der Waals surface area contributed by atoms with Gasteiger partial charge in [0, 0.05) is 23.9 Å². The number of carbonyl (C=O) groups excluding carboxylic acids is 1. The lowest BCUT2D eigenvalue weighted by molar-refractivity contribution is 0.243. The van der Waals surface area contributed by atoms with Crippen LogP contribution >= 0.6 is 0 Å². The molecule has 0 fully saturated rings. The van der Waals surface area contributed by atoms with Gasteiger partial charge in [-0.05, 0) is 37.1 Å². The summed E-state index contributed by atoms with van der Waals surface area (Å²) < 4.78 is 10.6. The van der Waals surface area contributed by atoms with Gasteiger partial charge in [-0.1, -0.05) is 18.2 Å².